The summed E-state index contributed by atoms with van der Waals surface area (Å²) in [5.41, 5.74) is 3.56. The summed E-state index contributed by atoms with van der Waals surface area (Å²) >= 11 is 5.97. The highest BCUT2D eigenvalue weighted by Crippen LogP contribution is 2.20. The van der Waals surface area contributed by atoms with E-state index in [4.69, 9.17) is 16.7 Å². The van der Waals surface area contributed by atoms with Crippen molar-refractivity contribution >= 4 is 28.1 Å². The average Bonchev–Trinajstić information content (AvgIpc) is 2.70. The first-order valence-corrected chi connectivity index (χ1v) is 9.82. The highest BCUT2D eigenvalue weighted by Gasteiger charge is 2.17. The number of nitrogens with zero attached hydrogens (tertiary/aromatic N) is 3. The number of hydrogen-bond donors (Lipinski definition) is 0. The lowest BCUT2D eigenvalue weighted by Crippen LogP contribution is -2.43. The average molecular weight is 378 g/mol. The van der Waals surface area contributed by atoms with Crippen LogP contribution in [-0.2, 0) is 6.54 Å². The zero-order valence-corrected chi connectivity index (χ0v) is 16.4. The fourth-order valence-corrected chi connectivity index (χ4v) is 3.75. The van der Waals surface area contributed by atoms with Gasteiger partial charge in [0.1, 0.15) is 0 Å². The van der Waals surface area contributed by atoms with Crippen LogP contribution in [0.15, 0.2) is 71.8 Å². The summed E-state index contributed by atoms with van der Waals surface area (Å²) in [4.78, 5) is 2.52. The first-order valence-electron chi connectivity index (χ1n) is 9.44. The minimum absolute atomic E-state index is 0.758. The summed E-state index contributed by atoms with van der Waals surface area (Å²) in [6, 6.07) is 23.1. The highest BCUT2D eigenvalue weighted by atomic mass is 35.5. The molecule has 4 heteroatoms. The van der Waals surface area contributed by atoms with Crippen molar-refractivity contribution in [1.82, 2.24) is 9.91 Å². The van der Waals surface area contributed by atoms with Crippen LogP contribution in [-0.4, -0.2) is 41.8 Å². The number of hydrazone groups is 1. The van der Waals surface area contributed by atoms with Crippen molar-refractivity contribution in [1.29, 1.82) is 0 Å². The van der Waals surface area contributed by atoms with Crippen LogP contribution in [0.25, 0.3) is 10.8 Å². The van der Waals surface area contributed by atoms with Gasteiger partial charge in [-0.25, -0.2) is 0 Å². The van der Waals surface area contributed by atoms with Crippen molar-refractivity contribution < 1.29 is 0 Å². The maximum atomic E-state index is 5.97. The summed E-state index contributed by atoms with van der Waals surface area (Å²) < 4.78 is 0. The molecule has 3 aromatic carbocycles. The minimum Gasteiger partial charge on any atom is -0.295 e. The van der Waals surface area contributed by atoms with E-state index in [-0.39, 0.29) is 0 Å². The van der Waals surface area contributed by atoms with Crippen molar-refractivity contribution in [3.8, 4) is 0 Å². The van der Waals surface area contributed by atoms with E-state index < -0.39 is 0 Å². The van der Waals surface area contributed by atoms with Gasteiger partial charge in [-0.1, -0.05) is 66.2 Å². The van der Waals surface area contributed by atoms with Gasteiger partial charge in [0.05, 0.1) is 5.71 Å². The Morgan fingerprint density at radius 3 is 2.37 bits per heavy atom. The Morgan fingerprint density at radius 1 is 0.889 bits per heavy atom. The van der Waals surface area contributed by atoms with Crippen LogP contribution >= 0.6 is 11.6 Å². The molecule has 3 nitrogen and oxygen atoms in total. The molecule has 0 atom stereocenters. The third-order valence-electron chi connectivity index (χ3n) is 5.18. The molecule has 0 aromatic heterocycles. The Kier molecular flexibility index (Phi) is 5.42. The second kappa shape index (κ2) is 8.12. The molecule has 1 saturated heterocycles. The monoisotopic (exact) mass is 377 g/mol. The number of benzene rings is 3. The molecule has 1 aliphatic heterocycles. The zero-order chi connectivity index (χ0) is 18.6. The molecule has 138 valence electrons. The molecular weight excluding hydrogens is 354 g/mol. The van der Waals surface area contributed by atoms with E-state index in [1.54, 1.807) is 0 Å². The molecule has 0 spiro atoms. The maximum absolute atomic E-state index is 5.97. The largest absolute Gasteiger partial charge is 0.295 e. The fourth-order valence-electron chi connectivity index (χ4n) is 3.63. The molecule has 0 bridgehead atoms. The number of rotatable bonds is 4. The van der Waals surface area contributed by atoms with Crippen molar-refractivity contribution in [3.63, 3.8) is 0 Å². The summed E-state index contributed by atoms with van der Waals surface area (Å²) in [7, 11) is 0. The van der Waals surface area contributed by atoms with Crippen LogP contribution in [0.4, 0.5) is 0 Å². The van der Waals surface area contributed by atoms with Crippen molar-refractivity contribution in [2.75, 3.05) is 26.2 Å². The normalized spacial score (nSPS) is 16.1. The molecule has 3 aromatic rings. The molecule has 4 rings (SSSR count). The zero-order valence-electron chi connectivity index (χ0n) is 15.6. The van der Waals surface area contributed by atoms with E-state index in [2.05, 4.69) is 59.3 Å². The van der Waals surface area contributed by atoms with Crippen LogP contribution in [0.5, 0.6) is 0 Å². The second-order valence-corrected chi connectivity index (χ2v) is 7.50. The highest BCUT2D eigenvalue weighted by molar-refractivity contribution is 6.30. The van der Waals surface area contributed by atoms with Crippen LogP contribution in [0.1, 0.15) is 18.1 Å². The van der Waals surface area contributed by atoms with Crippen molar-refractivity contribution in [2.24, 2.45) is 5.10 Å². The van der Waals surface area contributed by atoms with Crippen LogP contribution in [0.3, 0.4) is 0 Å². The smallest absolute Gasteiger partial charge is 0.0646 e. The Hall–Kier alpha value is -2.36. The van der Waals surface area contributed by atoms with Gasteiger partial charge in [-0.3, -0.25) is 9.91 Å². The molecule has 1 aliphatic rings. The van der Waals surface area contributed by atoms with Gasteiger partial charge in [-0.15, -0.1) is 0 Å². The molecule has 0 saturated carbocycles. The number of piperazine rings is 1. The molecule has 1 heterocycles. The van der Waals surface area contributed by atoms with E-state index in [0.717, 1.165) is 49.0 Å². The first kappa shape index (κ1) is 18.0. The summed E-state index contributed by atoms with van der Waals surface area (Å²) in [6.07, 6.45) is 0. The third kappa shape index (κ3) is 4.32. The van der Waals surface area contributed by atoms with Crippen molar-refractivity contribution in [2.45, 2.75) is 13.5 Å². The quantitative estimate of drug-likeness (QED) is 0.593. The topological polar surface area (TPSA) is 18.8 Å². The molecule has 0 amide bonds. The van der Waals surface area contributed by atoms with Gasteiger partial charge < -0.3 is 0 Å². The summed E-state index contributed by atoms with van der Waals surface area (Å²) in [5.74, 6) is 0. The maximum Gasteiger partial charge on any atom is 0.0646 e. The van der Waals surface area contributed by atoms with Gasteiger partial charge in [-0.05, 0) is 41.0 Å². The lowest BCUT2D eigenvalue weighted by molar-refractivity contribution is 0.131. The Balaban J connectivity index is 1.39. The van der Waals surface area contributed by atoms with Gasteiger partial charge in [0, 0.05) is 37.7 Å². The SMILES string of the molecule is C/C(=N/N1CCN(Cc2cccc3ccccc23)CC1)c1ccc(Cl)cc1. The van der Waals surface area contributed by atoms with E-state index in [1.165, 1.54) is 16.3 Å². The van der Waals surface area contributed by atoms with Gasteiger partial charge in [-0.2, -0.15) is 5.10 Å². The lowest BCUT2D eigenvalue weighted by atomic mass is 10.0. The van der Waals surface area contributed by atoms with Crippen LogP contribution in [0.2, 0.25) is 5.02 Å². The Morgan fingerprint density at radius 2 is 1.59 bits per heavy atom. The van der Waals surface area contributed by atoms with E-state index in [1.807, 2.05) is 24.3 Å². The first-order chi connectivity index (χ1) is 13.2. The van der Waals surface area contributed by atoms with Gasteiger partial charge in [0.25, 0.3) is 0 Å². The summed E-state index contributed by atoms with van der Waals surface area (Å²) in [6.45, 7) is 7.02. The van der Waals surface area contributed by atoms with Crippen LogP contribution in [0, 0.1) is 0 Å². The lowest BCUT2D eigenvalue weighted by Gasteiger charge is -2.33. The molecule has 0 unspecified atom stereocenters. The molecule has 0 radical (unpaired) electrons. The Bertz CT molecular complexity index is 936. The van der Waals surface area contributed by atoms with Gasteiger partial charge in [0.2, 0.25) is 0 Å². The van der Waals surface area contributed by atoms with E-state index >= 15 is 0 Å². The Labute approximate surface area is 165 Å². The third-order valence-corrected chi connectivity index (χ3v) is 5.43. The predicted molar refractivity (Wildman–Crippen MR) is 114 cm³/mol. The molecule has 0 N–H and O–H groups in total. The minimum atomic E-state index is 0.758. The molecule has 0 aliphatic carbocycles. The van der Waals surface area contributed by atoms with Crippen molar-refractivity contribution in [3.05, 3.63) is 82.9 Å². The predicted octanol–water partition coefficient (Wildman–Crippen LogP) is 5.04. The molecule has 27 heavy (non-hydrogen) atoms. The standard InChI is InChI=1S/C23H24ClN3/c1-18(19-9-11-22(24)12-10-19)25-27-15-13-26(14-16-27)17-21-7-4-6-20-5-2-3-8-23(20)21/h2-12H,13-17H2,1H3/b25-18-. The summed E-state index contributed by atoms with van der Waals surface area (Å²) in [5, 5.41) is 10.4. The number of halogens is 1. The van der Waals surface area contributed by atoms with Gasteiger partial charge in [0.15, 0.2) is 0 Å². The number of fused-ring (bicyclic) bond motifs is 1. The second-order valence-electron chi connectivity index (χ2n) is 7.06. The van der Waals surface area contributed by atoms with Gasteiger partial charge >= 0.3 is 0 Å². The molecule has 1 fully saturated rings. The number of hydrogen-bond acceptors (Lipinski definition) is 3. The van der Waals surface area contributed by atoms with Crippen LogP contribution < -0.4 is 0 Å². The van der Waals surface area contributed by atoms with E-state index in [9.17, 15) is 0 Å². The fraction of sp³-hybridized carbons (Fsp3) is 0.261. The van der Waals surface area contributed by atoms with E-state index in [0.29, 0.717) is 0 Å². The molecular formula is C23H24ClN3.